The van der Waals surface area contributed by atoms with Crippen molar-refractivity contribution in [2.45, 2.75) is 51.0 Å². The number of carboxylic acid groups (broad SMARTS) is 1. The second-order valence-corrected chi connectivity index (χ2v) is 9.10. The molecule has 6 heteroatoms. The summed E-state index contributed by atoms with van der Waals surface area (Å²) in [5.74, 6) is -0.0164. The van der Waals surface area contributed by atoms with Gasteiger partial charge in [-0.1, -0.05) is 6.92 Å². The molecule has 1 saturated carbocycles. The third-order valence-corrected chi connectivity index (χ3v) is 7.32. The van der Waals surface area contributed by atoms with Crippen molar-refractivity contribution in [3.8, 4) is 16.9 Å². The van der Waals surface area contributed by atoms with Crippen LogP contribution in [0.4, 0.5) is 0 Å². The fraction of sp³-hybridized carbons (Fsp3) is 0.391. The molecule has 0 radical (unpaired) electrons. The van der Waals surface area contributed by atoms with Crippen LogP contribution in [0.1, 0.15) is 65.4 Å². The summed E-state index contributed by atoms with van der Waals surface area (Å²) < 4.78 is 7.83. The van der Waals surface area contributed by atoms with Crippen LogP contribution in [0.15, 0.2) is 28.5 Å². The highest BCUT2D eigenvalue weighted by molar-refractivity contribution is 7.10. The molecule has 1 fully saturated rings. The smallest absolute Gasteiger partial charge is 0.341 e. The van der Waals surface area contributed by atoms with Gasteiger partial charge in [0.15, 0.2) is 5.75 Å². The van der Waals surface area contributed by atoms with Gasteiger partial charge in [0.25, 0.3) is 0 Å². The molecule has 2 aliphatic rings. The summed E-state index contributed by atoms with van der Waals surface area (Å²) >= 11 is 1.81. The molecule has 0 aliphatic heterocycles. The molecule has 150 valence electrons. The Balaban J connectivity index is 1.83. The predicted octanol–water partition coefficient (Wildman–Crippen LogP) is 5.21. The van der Waals surface area contributed by atoms with Crippen molar-refractivity contribution in [2.24, 2.45) is 0 Å². The Bertz CT molecular complexity index is 1200. The van der Waals surface area contributed by atoms with Gasteiger partial charge in [-0.2, -0.15) is 0 Å². The molecular formula is C23H23NO4S. The van der Waals surface area contributed by atoms with Crippen LogP contribution in [-0.2, 0) is 6.42 Å². The second-order valence-electron chi connectivity index (χ2n) is 8.14. The van der Waals surface area contributed by atoms with Crippen molar-refractivity contribution < 1.29 is 14.6 Å². The lowest BCUT2D eigenvalue weighted by Gasteiger charge is -2.22. The number of methoxy groups -OCH3 is 1. The minimum Gasteiger partial charge on any atom is -0.494 e. The number of carboxylic acids is 1. The van der Waals surface area contributed by atoms with Gasteiger partial charge < -0.3 is 14.4 Å². The zero-order chi connectivity index (χ0) is 20.3. The Labute approximate surface area is 172 Å². The molecule has 1 atom stereocenters. The molecule has 2 aliphatic carbocycles. The topological polar surface area (TPSA) is 68.5 Å². The van der Waals surface area contributed by atoms with E-state index in [4.69, 9.17) is 4.74 Å². The number of carbonyl (C=O) groups is 1. The lowest BCUT2D eigenvalue weighted by Crippen LogP contribution is -2.19. The minimum absolute atomic E-state index is 0.180. The number of pyridine rings is 1. The second kappa shape index (κ2) is 6.73. The number of fused-ring (bicyclic) bond motifs is 2. The van der Waals surface area contributed by atoms with Crippen LogP contribution in [0.5, 0.6) is 5.75 Å². The first-order valence-electron chi connectivity index (χ1n) is 10.1. The van der Waals surface area contributed by atoms with Crippen LogP contribution < -0.4 is 10.2 Å². The van der Waals surface area contributed by atoms with Crippen molar-refractivity contribution in [1.29, 1.82) is 0 Å². The van der Waals surface area contributed by atoms with Gasteiger partial charge in [-0.25, -0.2) is 4.79 Å². The molecule has 0 amide bonds. The first kappa shape index (κ1) is 18.4. The fourth-order valence-corrected chi connectivity index (χ4v) is 5.91. The number of rotatable bonds is 4. The molecule has 2 heterocycles. The lowest BCUT2D eigenvalue weighted by atomic mass is 9.84. The molecule has 1 unspecified atom stereocenters. The van der Waals surface area contributed by atoms with Crippen LogP contribution in [0.2, 0.25) is 0 Å². The molecule has 5 nitrogen and oxygen atoms in total. The standard InChI is InChI=1S/C23H23NO4S/c1-12-4-3-5-18-19(12)17(11-29-18)14-8-9-15-20(22(14)28-2)24(13-6-7-13)10-16(21(15)25)23(26)27/h8-13H,3-7H2,1-2H3,(H,26,27). The average molecular weight is 410 g/mol. The summed E-state index contributed by atoms with van der Waals surface area (Å²) in [7, 11) is 1.63. The molecule has 0 spiro atoms. The zero-order valence-electron chi connectivity index (χ0n) is 16.5. The number of aryl methyl sites for hydroxylation is 1. The first-order chi connectivity index (χ1) is 14.0. The number of benzene rings is 1. The molecule has 1 N–H and O–H groups in total. The summed E-state index contributed by atoms with van der Waals surface area (Å²) in [4.78, 5) is 25.9. The van der Waals surface area contributed by atoms with E-state index in [2.05, 4.69) is 12.3 Å². The molecule has 1 aromatic carbocycles. The van der Waals surface area contributed by atoms with E-state index in [1.54, 1.807) is 24.5 Å². The van der Waals surface area contributed by atoms with Gasteiger partial charge in [-0.3, -0.25) is 4.79 Å². The number of nitrogens with zero attached hydrogens (tertiary/aromatic N) is 1. The highest BCUT2D eigenvalue weighted by Crippen LogP contribution is 2.47. The molecule has 5 rings (SSSR count). The first-order valence-corrected chi connectivity index (χ1v) is 11.0. The van der Waals surface area contributed by atoms with Crippen LogP contribution >= 0.6 is 11.3 Å². The number of thiophene rings is 1. The van der Waals surface area contributed by atoms with Crippen molar-refractivity contribution in [3.63, 3.8) is 0 Å². The quantitative estimate of drug-likeness (QED) is 0.642. The van der Waals surface area contributed by atoms with Gasteiger partial charge in [0.1, 0.15) is 5.56 Å². The van der Waals surface area contributed by atoms with Crippen LogP contribution in [0.25, 0.3) is 22.0 Å². The van der Waals surface area contributed by atoms with E-state index in [0.717, 1.165) is 24.8 Å². The van der Waals surface area contributed by atoms with Gasteiger partial charge in [0.05, 0.1) is 18.0 Å². The number of hydrogen-bond donors (Lipinski definition) is 1. The Morgan fingerprint density at radius 1 is 1.24 bits per heavy atom. The highest BCUT2D eigenvalue weighted by atomic mass is 32.1. The van der Waals surface area contributed by atoms with Gasteiger partial charge in [-0.05, 0) is 66.7 Å². The summed E-state index contributed by atoms with van der Waals surface area (Å²) in [6, 6.07) is 3.92. The molecular weight excluding hydrogens is 386 g/mol. The molecule has 29 heavy (non-hydrogen) atoms. The van der Waals surface area contributed by atoms with E-state index in [-0.39, 0.29) is 11.6 Å². The largest absolute Gasteiger partial charge is 0.494 e. The molecule has 0 saturated heterocycles. The maximum Gasteiger partial charge on any atom is 0.341 e. The summed E-state index contributed by atoms with van der Waals surface area (Å²) in [6.45, 7) is 2.28. The maximum atomic E-state index is 12.9. The van der Waals surface area contributed by atoms with Crippen LogP contribution in [0.3, 0.4) is 0 Å². The highest BCUT2D eigenvalue weighted by Gasteiger charge is 2.30. The third-order valence-electron chi connectivity index (χ3n) is 6.26. The summed E-state index contributed by atoms with van der Waals surface area (Å²) in [5.41, 5.74) is 3.67. The lowest BCUT2D eigenvalue weighted by molar-refractivity contribution is 0.0695. The molecule has 3 aromatic rings. The van der Waals surface area contributed by atoms with Crippen molar-refractivity contribution >= 4 is 28.2 Å². The number of aromatic carboxylic acids is 1. The Hall–Kier alpha value is -2.60. The average Bonchev–Trinajstić information content (AvgIpc) is 3.46. The maximum absolute atomic E-state index is 12.9. The number of ether oxygens (including phenoxy) is 1. The fourth-order valence-electron chi connectivity index (χ4n) is 4.69. The van der Waals surface area contributed by atoms with Crippen molar-refractivity contribution in [1.82, 2.24) is 4.57 Å². The number of hydrogen-bond acceptors (Lipinski definition) is 4. The van der Waals surface area contributed by atoms with Gasteiger partial charge in [-0.15, -0.1) is 11.3 Å². The molecule has 2 aromatic heterocycles. The van der Waals surface area contributed by atoms with E-state index >= 15 is 0 Å². The monoisotopic (exact) mass is 409 g/mol. The Kier molecular flexibility index (Phi) is 4.28. The van der Waals surface area contributed by atoms with Gasteiger partial charge in [0.2, 0.25) is 5.43 Å². The van der Waals surface area contributed by atoms with E-state index in [1.807, 2.05) is 10.6 Å². The normalized spacial score (nSPS) is 18.6. The minimum atomic E-state index is -1.19. The van der Waals surface area contributed by atoms with E-state index in [0.29, 0.717) is 22.6 Å². The Morgan fingerprint density at radius 3 is 2.72 bits per heavy atom. The van der Waals surface area contributed by atoms with Crippen molar-refractivity contribution in [3.05, 3.63) is 49.9 Å². The van der Waals surface area contributed by atoms with Gasteiger partial charge in [0, 0.05) is 22.7 Å². The van der Waals surface area contributed by atoms with Gasteiger partial charge >= 0.3 is 5.97 Å². The third kappa shape index (κ3) is 2.81. The zero-order valence-corrected chi connectivity index (χ0v) is 17.3. The van der Waals surface area contributed by atoms with E-state index in [1.165, 1.54) is 35.0 Å². The summed E-state index contributed by atoms with van der Waals surface area (Å²) in [6.07, 6.45) is 6.99. The van der Waals surface area contributed by atoms with E-state index < -0.39 is 11.4 Å². The SMILES string of the molecule is COc1c(-c2csc3c2C(C)CCC3)ccc2c(=O)c(C(=O)O)cn(C3CC3)c12. The molecule has 0 bridgehead atoms. The summed E-state index contributed by atoms with van der Waals surface area (Å²) in [5, 5.41) is 12.1. The van der Waals surface area contributed by atoms with Crippen molar-refractivity contribution in [2.75, 3.05) is 7.11 Å². The van der Waals surface area contributed by atoms with Crippen LogP contribution in [-0.4, -0.2) is 22.8 Å². The van der Waals surface area contributed by atoms with E-state index in [9.17, 15) is 14.7 Å². The van der Waals surface area contributed by atoms with Crippen LogP contribution in [0, 0.1) is 0 Å². The predicted molar refractivity (Wildman–Crippen MR) is 115 cm³/mol. The Morgan fingerprint density at radius 2 is 2.03 bits per heavy atom. The number of aromatic nitrogens is 1.